The van der Waals surface area contributed by atoms with Crippen LogP contribution in [0, 0.1) is 6.92 Å². The average molecular weight is 598 g/mol. The Labute approximate surface area is 251 Å². The number of halogens is 1. The van der Waals surface area contributed by atoms with Gasteiger partial charge >= 0.3 is 0 Å². The smallest absolute Gasteiger partial charge is 0.194 e. The standard InChI is InChI=1S/C33H28ClN3O6/c1-15-29(40)27(17(3)38)31-28(30(15)41)33(4)24(43-31)14-23(39)26(32(33)42)16(2)35-22(18-9-11-19(34)12-10-18)13-25-36-20-7-5-6-8-21(20)37-25/h5-12,14,22,35,40-41H,13H2,1-4H3,(H,36,37)/t22?,33-/m0/s1. The molecule has 2 atom stereocenters. The van der Waals surface area contributed by atoms with E-state index in [4.69, 9.17) is 21.3 Å². The van der Waals surface area contributed by atoms with E-state index >= 15 is 0 Å². The number of fused-ring (bicyclic) bond motifs is 4. The zero-order chi connectivity index (χ0) is 30.8. The third-order valence-electron chi connectivity index (χ3n) is 8.26. The average Bonchev–Trinajstić information content (AvgIpc) is 3.50. The van der Waals surface area contributed by atoms with Crippen LogP contribution in [0.5, 0.6) is 17.2 Å². The molecule has 1 aromatic heterocycles. The van der Waals surface area contributed by atoms with E-state index in [9.17, 15) is 24.6 Å². The van der Waals surface area contributed by atoms with Crippen molar-refractivity contribution in [3.05, 3.63) is 105 Å². The van der Waals surface area contributed by atoms with Gasteiger partial charge in [0.15, 0.2) is 17.3 Å². The summed E-state index contributed by atoms with van der Waals surface area (Å²) in [5.74, 6) is -1.95. The number of carbonyl (C=O) groups is 3. The van der Waals surface area contributed by atoms with Crippen LogP contribution in [-0.2, 0) is 21.4 Å². The van der Waals surface area contributed by atoms with Crippen LogP contribution in [0.25, 0.3) is 11.0 Å². The number of phenols is 2. The summed E-state index contributed by atoms with van der Waals surface area (Å²) < 4.78 is 5.87. The maximum atomic E-state index is 14.3. The third-order valence-corrected chi connectivity index (χ3v) is 8.51. The Hall–Kier alpha value is -4.89. The number of para-hydroxylation sites is 2. The van der Waals surface area contributed by atoms with Crippen molar-refractivity contribution in [2.24, 2.45) is 0 Å². The van der Waals surface area contributed by atoms with Gasteiger partial charge in [0.1, 0.15) is 39.8 Å². The number of carbonyl (C=O) groups excluding carboxylic acids is 3. The topological polar surface area (TPSA) is 142 Å². The van der Waals surface area contributed by atoms with Gasteiger partial charge in [-0.2, -0.15) is 0 Å². The molecule has 4 aromatic rings. The minimum atomic E-state index is -1.61. The summed E-state index contributed by atoms with van der Waals surface area (Å²) in [6.07, 6.45) is 1.60. The number of aromatic amines is 1. The predicted molar refractivity (Wildman–Crippen MR) is 160 cm³/mol. The molecule has 0 amide bonds. The number of phenolic OH excluding ortho intramolecular Hbond substituents is 2. The van der Waals surface area contributed by atoms with E-state index in [1.54, 1.807) is 19.1 Å². The molecule has 0 radical (unpaired) electrons. The van der Waals surface area contributed by atoms with E-state index in [1.165, 1.54) is 26.8 Å². The highest BCUT2D eigenvalue weighted by atomic mass is 35.5. The lowest BCUT2D eigenvalue weighted by Crippen LogP contribution is -2.41. The Morgan fingerprint density at radius 3 is 2.47 bits per heavy atom. The van der Waals surface area contributed by atoms with Crippen LogP contribution in [0.1, 0.15) is 59.7 Å². The second-order valence-electron chi connectivity index (χ2n) is 11.0. The van der Waals surface area contributed by atoms with Crippen LogP contribution < -0.4 is 10.1 Å². The summed E-state index contributed by atoms with van der Waals surface area (Å²) in [6.45, 7) is 5.88. The van der Waals surface area contributed by atoms with Crippen LogP contribution >= 0.6 is 11.6 Å². The van der Waals surface area contributed by atoms with Gasteiger partial charge in [0.05, 0.1) is 28.2 Å². The van der Waals surface area contributed by atoms with E-state index in [0.29, 0.717) is 23.0 Å². The normalized spacial score (nSPS) is 19.4. The molecule has 0 saturated heterocycles. The molecule has 0 spiro atoms. The first kappa shape index (κ1) is 28.2. The maximum absolute atomic E-state index is 14.3. The number of allylic oxidation sites excluding steroid dienone is 4. The van der Waals surface area contributed by atoms with Gasteiger partial charge in [-0.3, -0.25) is 14.4 Å². The highest BCUT2D eigenvalue weighted by Crippen LogP contribution is 2.57. The molecule has 0 saturated carbocycles. The number of nitrogens with zero attached hydrogens (tertiary/aromatic N) is 1. The molecule has 43 heavy (non-hydrogen) atoms. The van der Waals surface area contributed by atoms with E-state index < -0.39 is 34.6 Å². The van der Waals surface area contributed by atoms with Gasteiger partial charge in [0, 0.05) is 28.8 Å². The molecule has 3 aromatic carbocycles. The zero-order valence-electron chi connectivity index (χ0n) is 23.8. The van der Waals surface area contributed by atoms with Gasteiger partial charge in [-0.1, -0.05) is 35.9 Å². The molecular weight excluding hydrogens is 570 g/mol. The molecular formula is C33H28ClN3O6. The van der Waals surface area contributed by atoms with Crippen molar-refractivity contribution in [2.75, 3.05) is 0 Å². The molecule has 1 unspecified atom stereocenters. The highest BCUT2D eigenvalue weighted by molar-refractivity contribution is 6.31. The largest absolute Gasteiger partial charge is 0.507 e. The van der Waals surface area contributed by atoms with Crippen molar-refractivity contribution >= 4 is 40.0 Å². The number of nitrogens with one attached hydrogen (secondary N) is 2. The third kappa shape index (κ3) is 4.39. The second-order valence-corrected chi connectivity index (χ2v) is 11.5. The minimum absolute atomic E-state index is 0.0200. The number of hydrogen-bond acceptors (Lipinski definition) is 8. The number of ketones is 3. The van der Waals surface area contributed by atoms with Gasteiger partial charge in [0.25, 0.3) is 0 Å². The minimum Gasteiger partial charge on any atom is -0.507 e. The fourth-order valence-corrected chi connectivity index (χ4v) is 6.06. The summed E-state index contributed by atoms with van der Waals surface area (Å²) in [5.41, 5.74) is 1.07. The molecule has 2 heterocycles. The zero-order valence-corrected chi connectivity index (χ0v) is 24.6. The number of hydrogen-bond donors (Lipinski definition) is 4. The van der Waals surface area contributed by atoms with Gasteiger partial charge in [-0.05, 0) is 57.5 Å². The lowest BCUT2D eigenvalue weighted by atomic mass is 9.70. The molecule has 0 fully saturated rings. The number of ether oxygens (including phenoxy) is 1. The molecule has 218 valence electrons. The van der Waals surface area contributed by atoms with E-state index in [1.807, 2.05) is 36.4 Å². The molecule has 1 aliphatic carbocycles. The second kappa shape index (κ2) is 10.1. The van der Waals surface area contributed by atoms with Crippen LogP contribution in [0.4, 0.5) is 0 Å². The monoisotopic (exact) mass is 597 g/mol. The summed E-state index contributed by atoms with van der Waals surface area (Å²) in [7, 11) is 0. The lowest BCUT2D eigenvalue weighted by Gasteiger charge is -2.30. The van der Waals surface area contributed by atoms with E-state index in [2.05, 4.69) is 10.3 Å². The molecule has 6 rings (SSSR count). The summed E-state index contributed by atoms with van der Waals surface area (Å²) in [5, 5.41) is 25.6. The first-order chi connectivity index (χ1) is 20.4. The number of Topliss-reactive ketones (excluding diaryl/α,β-unsaturated/α-hetero) is 2. The number of rotatable bonds is 6. The lowest BCUT2D eigenvalue weighted by molar-refractivity contribution is -0.123. The van der Waals surface area contributed by atoms with Crippen LogP contribution in [0.15, 0.2) is 71.6 Å². The number of aromatic hydroxyl groups is 2. The predicted octanol–water partition coefficient (Wildman–Crippen LogP) is 5.67. The van der Waals surface area contributed by atoms with Gasteiger partial charge in [0.2, 0.25) is 0 Å². The quantitative estimate of drug-likeness (QED) is 0.126. The van der Waals surface area contributed by atoms with Gasteiger partial charge < -0.3 is 25.3 Å². The van der Waals surface area contributed by atoms with Crippen LogP contribution in [0.3, 0.4) is 0 Å². The molecule has 4 N–H and O–H groups in total. The van der Waals surface area contributed by atoms with Gasteiger partial charge in [-0.15, -0.1) is 0 Å². The van der Waals surface area contributed by atoms with Crippen molar-refractivity contribution in [1.82, 2.24) is 15.3 Å². The molecule has 9 nitrogen and oxygen atoms in total. The van der Waals surface area contributed by atoms with Crippen molar-refractivity contribution in [1.29, 1.82) is 0 Å². The Bertz CT molecular complexity index is 1910. The van der Waals surface area contributed by atoms with E-state index in [-0.39, 0.29) is 39.5 Å². The molecule has 2 aliphatic rings. The van der Waals surface area contributed by atoms with Crippen molar-refractivity contribution in [3.63, 3.8) is 0 Å². The summed E-state index contributed by atoms with van der Waals surface area (Å²) in [6, 6.07) is 14.5. The first-order valence-electron chi connectivity index (χ1n) is 13.7. The van der Waals surface area contributed by atoms with Crippen molar-refractivity contribution in [3.8, 4) is 17.2 Å². The molecule has 1 aliphatic heterocycles. The first-order valence-corrected chi connectivity index (χ1v) is 14.0. The number of imidazole rings is 1. The summed E-state index contributed by atoms with van der Waals surface area (Å²) in [4.78, 5) is 48.2. The van der Waals surface area contributed by atoms with Crippen LogP contribution in [0.2, 0.25) is 5.02 Å². The highest BCUT2D eigenvalue weighted by Gasteiger charge is 2.56. The SMILES string of the molecule is CC(=O)c1c(O)c(C)c(O)c2c1OC1=CC(=O)C(=C(C)NC(Cc3nc4ccccc4[nH]3)c3ccc(Cl)cc3)C(=O)[C@@]12C. The Balaban J connectivity index is 1.44. The molecule has 10 heteroatoms. The fourth-order valence-electron chi connectivity index (χ4n) is 5.94. The number of benzene rings is 3. The fraction of sp³-hybridized carbons (Fsp3) is 0.212. The number of H-pyrrole nitrogens is 1. The van der Waals surface area contributed by atoms with Crippen LogP contribution in [-0.4, -0.2) is 37.5 Å². The number of aromatic nitrogens is 2. The maximum Gasteiger partial charge on any atom is 0.194 e. The Morgan fingerprint density at radius 1 is 1.09 bits per heavy atom. The summed E-state index contributed by atoms with van der Waals surface area (Å²) >= 11 is 6.16. The van der Waals surface area contributed by atoms with E-state index in [0.717, 1.165) is 16.6 Å². The van der Waals surface area contributed by atoms with Crippen molar-refractivity contribution < 1.29 is 29.3 Å². The van der Waals surface area contributed by atoms with Crippen molar-refractivity contribution in [2.45, 2.75) is 45.6 Å². The Morgan fingerprint density at radius 2 is 1.79 bits per heavy atom. The Kier molecular flexibility index (Phi) is 6.65. The van der Waals surface area contributed by atoms with Gasteiger partial charge in [-0.25, -0.2) is 4.98 Å². The molecule has 0 bridgehead atoms.